The van der Waals surface area contributed by atoms with Crippen molar-refractivity contribution in [2.24, 2.45) is 17.8 Å². The van der Waals surface area contributed by atoms with Crippen molar-refractivity contribution in [1.29, 1.82) is 0 Å². The fourth-order valence-electron chi connectivity index (χ4n) is 2.62. The van der Waals surface area contributed by atoms with E-state index in [1.807, 2.05) is 39.8 Å². The van der Waals surface area contributed by atoms with E-state index in [-0.39, 0.29) is 0 Å². The molecule has 3 atom stereocenters. The van der Waals surface area contributed by atoms with E-state index >= 15 is 0 Å². The first-order chi connectivity index (χ1) is 12.8. The molecular weight excluding hydrogens is 352 g/mol. The SMILES string of the molecule is CC.CC1CCCC[C@@H]1C.CCS(C)=O.C\C=C/C(O)=C\C=C(/C)C1CC1. The summed E-state index contributed by atoms with van der Waals surface area (Å²) in [7, 11) is -0.573. The minimum Gasteiger partial charge on any atom is -0.508 e. The van der Waals surface area contributed by atoms with Crippen LogP contribution >= 0.6 is 0 Å². The van der Waals surface area contributed by atoms with Crippen molar-refractivity contribution in [3.63, 3.8) is 0 Å². The summed E-state index contributed by atoms with van der Waals surface area (Å²) in [6.07, 6.45) is 17.5. The Morgan fingerprint density at radius 2 is 1.48 bits per heavy atom. The monoisotopic (exact) mass is 398 g/mol. The summed E-state index contributed by atoms with van der Waals surface area (Å²) < 4.78 is 9.92. The zero-order chi connectivity index (χ0) is 21.2. The number of hydrogen-bond acceptors (Lipinski definition) is 2. The van der Waals surface area contributed by atoms with Crippen LogP contribution in [0.15, 0.2) is 35.6 Å². The van der Waals surface area contributed by atoms with Crippen LogP contribution < -0.4 is 0 Å². The molecule has 0 aromatic heterocycles. The van der Waals surface area contributed by atoms with Crippen molar-refractivity contribution in [2.75, 3.05) is 12.0 Å². The van der Waals surface area contributed by atoms with Gasteiger partial charge < -0.3 is 5.11 Å². The van der Waals surface area contributed by atoms with Crippen LogP contribution in [0.2, 0.25) is 0 Å². The summed E-state index contributed by atoms with van der Waals surface area (Å²) in [5.41, 5.74) is 1.38. The fraction of sp³-hybridized carbons (Fsp3) is 0.750. The topological polar surface area (TPSA) is 37.3 Å². The second-order valence-corrected chi connectivity index (χ2v) is 9.10. The fourth-order valence-corrected chi connectivity index (χ4v) is 2.62. The van der Waals surface area contributed by atoms with E-state index in [4.69, 9.17) is 0 Å². The van der Waals surface area contributed by atoms with Crippen LogP contribution in [-0.2, 0) is 10.8 Å². The molecule has 2 unspecified atom stereocenters. The lowest BCUT2D eigenvalue weighted by Gasteiger charge is -2.24. The number of aliphatic hydroxyl groups is 1. The van der Waals surface area contributed by atoms with E-state index in [1.54, 1.807) is 18.4 Å². The average Bonchev–Trinajstić information content (AvgIpc) is 3.50. The average molecular weight is 399 g/mol. The third kappa shape index (κ3) is 18.3. The summed E-state index contributed by atoms with van der Waals surface area (Å²) in [6.45, 7) is 14.7. The Bertz CT molecular complexity index is 449. The molecule has 2 aliphatic rings. The van der Waals surface area contributed by atoms with Gasteiger partial charge >= 0.3 is 0 Å². The smallest absolute Gasteiger partial charge is 0.115 e. The first kappa shape index (κ1) is 28.4. The lowest BCUT2D eigenvalue weighted by Crippen LogP contribution is -2.12. The van der Waals surface area contributed by atoms with E-state index in [0.717, 1.165) is 23.5 Å². The zero-order valence-electron chi connectivity index (χ0n) is 19.3. The van der Waals surface area contributed by atoms with Crippen molar-refractivity contribution < 1.29 is 9.32 Å². The minimum absolute atomic E-state index is 0.331. The molecule has 0 spiro atoms. The largest absolute Gasteiger partial charge is 0.508 e. The molecule has 0 heterocycles. The van der Waals surface area contributed by atoms with Gasteiger partial charge in [0, 0.05) is 22.8 Å². The summed E-state index contributed by atoms with van der Waals surface area (Å²) in [4.78, 5) is 0. The Morgan fingerprint density at radius 1 is 1.04 bits per heavy atom. The molecule has 2 aliphatic carbocycles. The maximum atomic E-state index is 9.92. The van der Waals surface area contributed by atoms with Crippen LogP contribution in [0.5, 0.6) is 0 Å². The number of aliphatic hydroxyl groups excluding tert-OH is 1. The van der Waals surface area contributed by atoms with Crippen LogP contribution in [0, 0.1) is 17.8 Å². The highest BCUT2D eigenvalue weighted by Gasteiger charge is 2.22. The van der Waals surface area contributed by atoms with E-state index in [2.05, 4.69) is 20.8 Å². The molecule has 0 saturated heterocycles. The molecule has 0 aromatic carbocycles. The minimum atomic E-state index is -0.573. The van der Waals surface area contributed by atoms with Gasteiger partial charge in [-0.1, -0.05) is 78.0 Å². The Balaban J connectivity index is 0. The summed E-state index contributed by atoms with van der Waals surface area (Å²) >= 11 is 0. The number of hydrogen-bond donors (Lipinski definition) is 1. The highest BCUT2D eigenvalue weighted by atomic mass is 32.2. The lowest BCUT2D eigenvalue weighted by atomic mass is 9.82. The van der Waals surface area contributed by atoms with E-state index in [0.29, 0.717) is 5.76 Å². The van der Waals surface area contributed by atoms with Crippen molar-refractivity contribution in [1.82, 2.24) is 0 Å². The van der Waals surface area contributed by atoms with Gasteiger partial charge in [-0.25, -0.2) is 0 Å². The van der Waals surface area contributed by atoms with E-state index in [9.17, 15) is 9.32 Å². The Morgan fingerprint density at radius 3 is 1.78 bits per heavy atom. The van der Waals surface area contributed by atoms with Crippen LogP contribution in [0.25, 0.3) is 0 Å². The summed E-state index contributed by atoms with van der Waals surface area (Å²) in [6, 6.07) is 0. The highest BCUT2D eigenvalue weighted by molar-refractivity contribution is 7.84. The predicted octanol–water partition coefficient (Wildman–Crippen LogP) is 7.60. The Kier molecular flexibility index (Phi) is 19.5. The van der Waals surface area contributed by atoms with Crippen molar-refractivity contribution in [3.8, 4) is 0 Å². The molecular formula is C24H46O2S. The molecule has 2 rings (SSSR count). The summed E-state index contributed by atoms with van der Waals surface area (Å²) in [5, 5.41) is 9.23. The van der Waals surface area contributed by atoms with Crippen LogP contribution in [0.4, 0.5) is 0 Å². The van der Waals surface area contributed by atoms with Gasteiger partial charge in [-0.05, 0) is 56.6 Å². The van der Waals surface area contributed by atoms with Gasteiger partial charge in [-0.3, -0.25) is 4.21 Å². The van der Waals surface area contributed by atoms with E-state index in [1.165, 1.54) is 44.1 Å². The second-order valence-electron chi connectivity index (χ2n) is 7.38. The van der Waals surface area contributed by atoms with Gasteiger partial charge in [0.25, 0.3) is 0 Å². The molecule has 0 radical (unpaired) electrons. The molecule has 0 amide bonds. The molecule has 0 bridgehead atoms. The second kappa shape index (κ2) is 18.5. The van der Waals surface area contributed by atoms with Crippen LogP contribution in [0.3, 0.4) is 0 Å². The quantitative estimate of drug-likeness (QED) is 0.391. The van der Waals surface area contributed by atoms with Crippen molar-refractivity contribution >= 4 is 10.8 Å². The Hall–Kier alpha value is -0.830. The van der Waals surface area contributed by atoms with Gasteiger partial charge in [0.2, 0.25) is 0 Å². The van der Waals surface area contributed by atoms with Gasteiger partial charge in [0.05, 0.1) is 0 Å². The Labute approximate surface area is 172 Å². The number of rotatable bonds is 4. The molecule has 2 fully saturated rings. The van der Waals surface area contributed by atoms with Crippen molar-refractivity contribution in [3.05, 3.63) is 35.6 Å². The molecule has 2 saturated carbocycles. The zero-order valence-corrected chi connectivity index (χ0v) is 20.1. The maximum absolute atomic E-state index is 9.92. The maximum Gasteiger partial charge on any atom is 0.115 e. The highest BCUT2D eigenvalue weighted by Crippen LogP contribution is 2.35. The summed E-state index contributed by atoms with van der Waals surface area (Å²) in [5.74, 6) is 3.91. The van der Waals surface area contributed by atoms with E-state index < -0.39 is 10.8 Å². The molecule has 2 nitrogen and oxygen atoms in total. The normalized spacial score (nSPS) is 23.9. The molecule has 3 heteroatoms. The standard InChI is InChI=1S/C11H16O.C8H16.C3H8OS.C2H6/c1-3-4-11(12)8-5-9(2)10-6-7-10;1-7-5-3-4-6-8(7)2;1-3-5(2)4;1-2/h3-5,8,10,12H,6-7H2,1-2H3;7-8H,3-6H2,1-2H3;3H2,1-2H3;1-2H3/b4-3-,9-5+,11-8+;;;/t;7-,8?;;/m.0../s1. The molecule has 1 N–H and O–H groups in total. The van der Waals surface area contributed by atoms with Gasteiger partial charge in [0.1, 0.15) is 5.76 Å². The van der Waals surface area contributed by atoms with Gasteiger partial charge in [-0.15, -0.1) is 0 Å². The van der Waals surface area contributed by atoms with Gasteiger partial charge in [0.15, 0.2) is 0 Å². The molecule has 0 aliphatic heterocycles. The molecule has 160 valence electrons. The molecule has 27 heavy (non-hydrogen) atoms. The third-order valence-corrected chi connectivity index (χ3v) is 5.84. The van der Waals surface area contributed by atoms with Crippen LogP contribution in [0.1, 0.15) is 87.0 Å². The lowest BCUT2D eigenvalue weighted by molar-refractivity contribution is 0.277. The first-order valence-electron chi connectivity index (χ1n) is 10.8. The number of allylic oxidation sites excluding steroid dienone is 5. The van der Waals surface area contributed by atoms with Crippen molar-refractivity contribution in [2.45, 2.75) is 87.0 Å². The predicted molar refractivity (Wildman–Crippen MR) is 125 cm³/mol. The third-order valence-electron chi connectivity index (χ3n) is 5.02. The van der Waals surface area contributed by atoms with Crippen LogP contribution in [-0.4, -0.2) is 21.3 Å². The molecule has 0 aromatic rings. The first-order valence-corrected chi connectivity index (χ1v) is 12.5. The van der Waals surface area contributed by atoms with Gasteiger partial charge in [-0.2, -0.15) is 0 Å².